The van der Waals surface area contributed by atoms with Crippen molar-refractivity contribution in [3.05, 3.63) is 0 Å². The summed E-state index contributed by atoms with van der Waals surface area (Å²) in [6, 6.07) is 0. The molecule has 0 saturated heterocycles. The van der Waals surface area contributed by atoms with Crippen molar-refractivity contribution in [2.75, 3.05) is 6.54 Å². The van der Waals surface area contributed by atoms with Crippen LogP contribution in [0, 0.1) is 0 Å². The summed E-state index contributed by atoms with van der Waals surface area (Å²) in [6.45, 7) is 4.74. The zero-order chi connectivity index (χ0) is 17.7. The van der Waals surface area contributed by atoms with Crippen LogP contribution in [0.4, 0.5) is 0 Å². The lowest BCUT2D eigenvalue weighted by Gasteiger charge is -2.04. The molecule has 2 heteroatoms. The number of nitrogens with one attached hydrogen (secondary N) is 1. The van der Waals surface area contributed by atoms with Crippen LogP contribution in [0.25, 0.3) is 0 Å². The van der Waals surface area contributed by atoms with Gasteiger partial charge in [0.2, 0.25) is 5.91 Å². The third-order valence-electron chi connectivity index (χ3n) is 4.90. The van der Waals surface area contributed by atoms with E-state index in [0.29, 0.717) is 0 Å². The Hall–Kier alpha value is -0.530. The lowest BCUT2D eigenvalue weighted by atomic mass is 10.0. The van der Waals surface area contributed by atoms with Gasteiger partial charge in [0, 0.05) is 13.5 Å². The van der Waals surface area contributed by atoms with Crippen molar-refractivity contribution in [2.24, 2.45) is 0 Å². The molecule has 0 aromatic heterocycles. The molecule has 1 amide bonds. The van der Waals surface area contributed by atoms with Crippen LogP contribution in [-0.4, -0.2) is 12.5 Å². The standard InChI is InChI=1S/C22H45NO/c1-3-4-5-6-7-8-9-10-11-12-13-14-15-16-17-18-19-20-21-23-22(2)24/h3-21H2,1-2H3,(H,23,24). The second kappa shape index (κ2) is 20.5. The minimum absolute atomic E-state index is 0.0990. The molecule has 0 unspecified atom stereocenters. The van der Waals surface area contributed by atoms with Crippen molar-refractivity contribution in [1.82, 2.24) is 5.32 Å². The van der Waals surface area contributed by atoms with Crippen molar-refractivity contribution >= 4 is 5.91 Å². The van der Waals surface area contributed by atoms with E-state index in [2.05, 4.69) is 12.2 Å². The van der Waals surface area contributed by atoms with Crippen LogP contribution in [0.1, 0.15) is 129 Å². The van der Waals surface area contributed by atoms with E-state index in [9.17, 15) is 4.79 Å². The van der Waals surface area contributed by atoms with Crippen LogP contribution in [0.2, 0.25) is 0 Å². The number of carbonyl (C=O) groups excluding carboxylic acids is 1. The lowest BCUT2D eigenvalue weighted by molar-refractivity contribution is -0.118. The molecule has 0 aliphatic rings. The molecule has 0 aromatic rings. The molecule has 0 aromatic carbocycles. The molecule has 0 bridgehead atoms. The summed E-state index contributed by atoms with van der Waals surface area (Å²) in [4.78, 5) is 10.7. The number of carbonyl (C=O) groups is 1. The van der Waals surface area contributed by atoms with E-state index in [1.54, 1.807) is 6.92 Å². The molecule has 1 N–H and O–H groups in total. The molecular weight excluding hydrogens is 294 g/mol. The Bertz CT molecular complexity index is 252. The average molecular weight is 340 g/mol. The Morgan fingerprint density at radius 2 is 0.833 bits per heavy atom. The first kappa shape index (κ1) is 23.5. The number of hydrogen-bond donors (Lipinski definition) is 1. The van der Waals surface area contributed by atoms with Gasteiger partial charge in [-0.3, -0.25) is 4.79 Å². The smallest absolute Gasteiger partial charge is 0.216 e. The zero-order valence-corrected chi connectivity index (χ0v) is 16.8. The maximum Gasteiger partial charge on any atom is 0.216 e. The Balaban J connectivity index is 2.97. The van der Waals surface area contributed by atoms with Crippen molar-refractivity contribution in [1.29, 1.82) is 0 Å². The molecule has 0 radical (unpaired) electrons. The molecule has 0 spiro atoms. The quantitative estimate of drug-likeness (QED) is 0.248. The van der Waals surface area contributed by atoms with Gasteiger partial charge in [-0.05, 0) is 6.42 Å². The van der Waals surface area contributed by atoms with Gasteiger partial charge in [-0.2, -0.15) is 0 Å². The van der Waals surface area contributed by atoms with E-state index in [4.69, 9.17) is 0 Å². The van der Waals surface area contributed by atoms with Gasteiger partial charge in [0.1, 0.15) is 0 Å². The lowest BCUT2D eigenvalue weighted by Crippen LogP contribution is -2.20. The summed E-state index contributed by atoms with van der Waals surface area (Å²) in [5.74, 6) is 0.0990. The van der Waals surface area contributed by atoms with Crippen molar-refractivity contribution in [3.63, 3.8) is 0 Å². The van der Waals surface area contributed by atoms with Crippen molar-refractivity contribution in [3.8, 4) is 0 Å². The van der Waals surface area contributed by atoms with Crippen LogP contribution in [0.5, 0.6) is 0 Å². The Morgan fingerprint density at radius 1 is 0.542 bits per heavy atom. The number of amides is 1. The summed E-state index contributed by atoms with van der Waals surface area (Å²) in [6.07, 6.45) is 25.3. The van der Waals surface area contributed by atoms with Crippen LogP contribution in [0.15, 0.2) is 0 Å². The first-order chi connectivity index (χ1) is 11.8. The van der Waals surface area contributed by atoms with Crippen molar-refractivity contribution < 1.29 is 4.79 Å². The molecule has 0 atom stereocenters. The monoisotopic (exact) mass is 339 g/mol. The molecular formula is C22H45NO. The minimum atomic E-state index is 0.0990. The third-order valence-corrected chi connectivity index (χ3v) is 4.90. The molecule has 2 nitrogen and oxygen atoms in total. The van der Waals surface area contributed by atoms with E-state index in [-0.39, 0.29) is 5.91 Å². The van der Waals surface area contributed by atoms with Crippen LogP contribution < -0.4 is 5.32 Å². The van der Waals surface area contributed by atoms with E-state index < -0.39 is 0 Å². The topological polar surface area (TPSA) is 29.1 Å². The summed E-state index contributed by atoms with van der Waals surface area (Å²) in [5.41, 5.74) is 0. The molecule has 0 aliphatic carbocycles. The van der Waals surface area contributed by atoms with Crippen LogP contribution in [0.3, 0.4) is 0 Å². The minimum Gasteiger partial charge on any atom is -0.356 e. The molecule has 24 heavy (non-hydrogen) atoms. The van der Waals surface area contributed by atoms with E-state index >= 15 is 0 Å². The highest BCUT2D eigenvalue weighted by Crippen LogP contribution is 2.14. The number of rotatable bonds is 19. The fourth-order valence-electron chi connectivity index (χ4n) is 3.29. The highest BCUT2D eigenvalue weighted by atomic mass is 16.1. The maximum atomic E-state index is 10.7. The largest absolute Gasteiger partial charge is 0.356 e. The van der Waals surface area contributed by atoms with E-state index in [0.717, 1.165) is 13.0 Å². The predicted octanol–water partition coefficient (Wildman–Crippen LogP) is 7.16. The fourth-order valence-corrected chi connectivity index (χ4v) is 3.29. The maximum absolute atomic E-state index is 10.7. The van der Waals surface area contributed by atoms with E-state index in [1.807, 2.05) is 0 Å². The molecule has 0 saturated carbocycles. The summed E-state index contributed by atoms with van der Waals surface area (Å²) in [7, 11) is 0. The molecule has 144 valence electrons. The van der Waals surface area contributed by atoms with Gasteiger partial charge < -0.3 is 5.32 Å². The van der Waals surface area contributed by atoms with Gasteiger partial charge in [-0.15, -0.1) is 0 Å². The summed E-state index contributed by atoms with van der Waals surface area (Å²) >= 11 is 0. The van der Waals surface area contributed by atoms with E-state index in [1.165, 1.54) is 109 Å². The van der Waals surface area contributed by atoms with Crippen LogP contribution >= 0.6 is 0 Å². The van der Waals surface area contributed by atoms with Crippen LogP contribution in [-0.2, 0) is 4.79 Å². The van der Waals surface area contributed by atoms with Gasteiger partial charge in [-0.1, -0.05) is 116 Å². The van der Waals surface area contributed by atoms with Gasteiger partial charge in [-0.25, -0.2) is 0 Å². The van der Waals surface area contributed by atoms with Gasteiger partial charge >= 0.3 is 0 Å². The number of hydrogen-bond acceptors (Lipinski definition) is 1. The SMILES string of the molecule is CCCCCCCCCCCCCCCCCCCCNC(C)=O. The Kier molecular flexibility index (Phi) is 20.1. The Morgan fingerprint density at radius 3 is 1.12 bits per heavy atom. The predicted molar refractivity (Wildman–Crippen MR) is 107 cm³/mol. The fraction of sp³-hybridized carbons (Fsp3) is 0.955. The summed E-state index contributed by atoms with van der Waals surface area (Å²) < 4.78 is 0. The van der Waals surface area contributed by atoms with Crippen molar-refractivity contribution in [2.45, 2.75) is 129 Å². The number of unbranched alkanes of at least 4 members (excludes halogenated alkanes) is 17. The highest BCUT2D eigenvalue weighted by Gasteiger charge is 1.95. The van der Waals surface area contributed by atoms with Gasteiger partial charge in [0.15, 0.2) is 0 Å². The highest BCUT2D eigenvalue weighted by molar-refractivity contribution is 5.72. The van der Waals surface area contributed by atoms with Gasteiger partial charge in [0.25, 0.3) is 0 Å². The molecule has 0 aliphatic heterocycles. The first-order valence-corrected chi connectivity index (χ1v) is 11.0. The molecule has 0 heterocycles. The molecule has 0 fully saturated rings. The average Bonchev–Trinajstić information content (AvgIpc) is 2.56. The molecule has 0 rings (SSSR count). The summed E-state index contributed by atoms with van der Waals surface area (Å²) in [5, 5.41) is 2.86. The normalized spacial score (nSPS) is 10.9. The first-order valence-electron chi connectivity index (χ1n) is 11.0. The zero-order valence-electron chi connectivity index (χ0n) is 16.8. The Labute approximate surface area is 152 Å². The second-order valence-electron chi connectivity index (χ2n) is 7.49. The second-order valence-corrected chi connectivity index (χ2v) is 7.49. The van der Waals surface area contributed by atoms with Gasteiger partial charge in [0.05, 0.1) is 0 Å². The third kappa shape index (κ3) is 21.5.